The lowest BCUT2D eigenvalue weighted by atomic mass is 9.71. The van der Waals surface area contributed by atoms with Gasteiger partial charge >= 0.3 is 5.97 Å². The van der Waals surface area contributed by atoms with Crippen molar-refractivity contribution >= 4 is 11.9 Å². The number of aromatic carboxylic acids is 1. The Labute approximate surface area is 105 Å². The third-order valence-corrected chi connectivity index (χ3v) is 4.14. The Bertz CT molecular complexity index is 538. The summed E-state index contributed by atoms with van der Waals surface area (Å²) in [5, 5.41) is 11.9. The molecule has 94 valence electrons. The van der Waals surface area contributed by atoms with E-state index in [4.69, 9.17) is 5.11 Å². The van der Waals surface area contributed by atoms with Gasteiger partial charge in [0.25, 0.3) is 0 Å². The Morgan fingerprint density at radius 3 is 2.78 bits per heavy atom. The number of carbonyl (C=O) groups excluding carboxylic acids is 1. The summed E-state index contributed by atoms with van der Waals surface area (Å²) in [6.45, 7) is 0.756. The van der Waals surface area contributed by atoms with E-state index >= 15 is 0 Å². The molecule has 2 aliphatic rings. The molecular weight excluding hydrogens is 230 g/mol. The lowest BCUT2D eigenvalue weighted by Crippen LogP contribution is -2.31. The molecular formula is C14H15NO3. The summed E-state index contributed by atoms with van der Waals surface area (Å²) in [5.74, 6) is -0.739. The first kappa shape index (κ1) is 11.3. The SMILES string of the molecule is O=C1C[C@@]2(CCc3cc(C(=O)O)ccc3C2)CN1. The van der Waals surface area contributed by atoms with Crippen molar-refractivity contribution in [1.82, 2.24) is 5.32 Å². The van der Waals surface area contributed by atoms with Gasteiger partial charge < -0.3 is 10.4 Å². The van der Waals surface area contributed by atoms with E-state index in [0.717, 1.165) is 31.4 Å². The first-order valence-corrected chi connectivity index (χ1v) is 6.20. The van der Waals surface area contributed by atoms with Gasteiger partial charge in [-0.3, -0.25) is 4.79 Å². The quantitative estimate of drug-likeness (QED) is 0.785. The Hall–Kier alpha value is -1.84. The van der Waals surface area contributed by atoms with E-state index in [9.17, 15) is 9.59 Å². The molecule has 0 saturated carbocycles. The fourth-order valence-electron chi connectivity index (χ4n) is 3.11. The van der Waals surface area contributed by atoms with Crippen molar-refractivity contribution in [3.05, 3.63) is 34.9 Å². The molecule has 1 heterocycles. The topological polar surface area (TPSA) is 66.4 Å². The van der Waals surface area contributed by atoms with Gasteiger partial charge in [-0.25, -0.2) is 4.79 Å². The summed E-state index contributed by atoms with van der Waals surface area (Å²) in [4.78, 5) is 22.3. The summed E-state index contributed by atoms with van der Waals surface area (Å²) in [6.07, 6.45) is 3.31. The van der Waals surface area contributed by atoms with Crippen molar-refractivity contribution in [3.8, 4) is 0 Å². The molecule has 0 unspecified atom stereocenters. The van der Waals surface area contributed by atoms with Crippen LogP contribution >= 0.6 is 0 Å². The summed E-state index contributed by atoms with van der Waals surface area (Å²) < 4.78 is 0. The second-order valence-electron chi connectivity index (χ2n) is 5.42. The number of fused-ring (bicyclic) bond motifs is 1. The third kappa shape index (κ3) is 1.78. The van der Waals surface area contributed by atoms with Gasteiger partial charge in [-0.1, -0.05) is 6.07 Å². The zero-order chi connectivity index (χ0) is 12.8. The fourth-order valence-corrected chi connectivity index (χ4v) is 3.11. The molecule has 1 amide bonds. The Balaban J connectivity index is 1.90. The zero-order valence-electron chi connectivity index (χ0n) is 10.0. The number of benzene rings is 1. The van der Waals surface area contributed by atoms with Crippen LogP contribution in [0.2, 0.25) is 0 Å². The lowest BCUT2D eigenvalue weighted by Gasteiger charge is -2.33. The number of hydrogen-bond donors (Lipinski definition) is 2. The Morgan fingerprint density at radius 1 is 1.28 bits per heavy atom. The number of carboxylic acids is 1. The second kappa shape index (κ2) is 3.83. The number of hydrogen-bond acceptors (Lipinski definition) is 2. The molecule has 3 rings (SSSR count). The first-order valence-electron chi connectivity index (χ1n) is 6.20. The van der Waals surface area contributed by atoms with Gasteiger partial charge in [-0.05, 0) is 42.5 Å². The number of carboxylic acid groups (broad SMARTS) is 1. The van der Waals surface area contributed by atoms with Gasteiger partial charge in [0.05, 0.1) is 5.56 Å². The van der Waals surface area contributed by atoms with Crippen molar-refractivity contribution < 1.29 is 14.7 Å². The number of aryl methyl sites for hydroxylation is 1. The van der Waals surface area contributed by atoms with E-state index in [0.29, 0.717) is 12.0 Å². The van der Waals surface area contributed by atoms with E-state index in [1.54, 1.807) is 12.1 Å². The van der Waals surface area contributed by atoms with Crippen LogP contribution in [0.3, 0.4) is 0 Å². The molecule has 1 aliphatic heterocycles. The second-order valence-corrected chi connectivity index (χ2v) is 5.42. The van der Waals surface area contributed by atoms with Crippen molar-refractivity contribution in [2.75, 3.05) is 6.54 Å². The minimum atomic E-state index is -0.879. The van der Waals surface area contributed by atoms with Crippen LogP contribution in [0.1, 0.15) is 34.3 Å². The standard InChI is InChI=1S/C14H15NO3/c16-12-7-14(8-15-12)4-3-9-5-10(13(17)18)1-2-11(9)6-14/h1-2,5H,3-4,6-8H2,(H,15,16)(H,17,18)/t14-/m0/s1. The van der Waals surface area contributed by atoms with E-state index in [-0.39, 0.29) is 11.3 Å². The van der Waals surface area contributed by atoms with Crippen LogP contribution < -0.4 is 5.32 Å². The number of rotatable bonds is 1. The largest absolute Gasteiger partial charge is 0.478 e. The maximum atomic E-state index is 11.4. The minimum absolute atomic E-state index is 0.0643. The van der Waals surface area contributed by atoms with E-state index < -0.39 is 5.97 Å². The van der Waals surface area contributed by atoms with Gasteiger partial charge in [0.15, 0.2) is 0 Å². The van der Waals surface area contributed by atoms with Crippen LogP contribution in [0, 0.1) is 5.41 Å². The molecule has 1 spiro atoms. The molecule has 18 heavy (non-hydrogen) atoms. The average molecular weight is 245 g/mol. The average Bonchev–Trinajstić information content (AvgIpc) is 2.69. The highest BCUT2D eigenvalue weighted by atomic mass is 16.4. The van der Waals surface area contributed by atoms with Crippen molar-refractivity contribution in [2.45, 2.75) is 25.7 Å². The molecule has 1 aliphatic carbocycles. The molecule has 0 aromatic heterocycles. The summed E-state index contributed by atoms with van der Waals surface area (Å²) in [5.41, 5.74) is 2.74. The molecule has 4 heteroatoms. The molecule has 4 nitrogen and oxygen atoms in total. The van der Waals surface area contributed by atoms with E-state index in [2.05, 4.69) is 5.32 Å². The number of amides is 1. The summed E-state index contributed by atoms with van der Waals surface area (Å²) in [6, 6.07) is 5.33. The molecule has 1 aromatic carbocycles. The van der Waals surface area contributed by atoms with Gasteiger partial charge in [0, 0.05) is 18.4 Å². The highest BCUT2D eigenvalue weighted by molar-refractivity contribution is 5.88. The summed E-state index contributed by atoms with van der Waals surface area (Å²) >= 11 is 0. The first-order chi connectivity index (χ1) is 8.58. The fraction of sp³-hybridized carbons (Fsp3) is 0.429. The van der Waals surface area contributed by atoms with E-state index in [1.807, 2.05) is 6.07 Å². The van der Waals surface area contributed by atoms with Crippen LogP contribution in [0.25, 0.3) is 0 Å². The van der Waals surface area contributed by atoms with Gasteiger partial charge in [0.2, 0.25) is 5.91 Å². The third-order valence-electron chi connectivity index (χ3n) is 4.14. The molecule has 0 bridgehead atoms. The molecule has 1 saturated heterocycles. The van der Waals surface area contributed by atoms with Gasteiger partial charge in [0.1, 0.15) is 0 Å². The molecule has 1 atom stereocenters. The van der Waals surface area contributed by atoms with Crippen molar-refractivity contribution in [1.29, 1.82) is 0 Å². The van der Waals surface area contributed by atoms with Crippen LogP contribution in [0.15, 0.2) is 18.2 Å². The predicted molar refractivity (Wildman–Crippen MR) is 65.5 cm³/mol. The van der Waals surface area contributed by atoms with Crippen molar-refractivity contribution in [2.24, 2.45) is 5.41 Å². The van der Waals surface area contributed by atoms with Gasteiger partial charge in [-0.15, -0.1) is 0 Å². The van der Waals surface area contributed by atoms with Crippen molar-refractivity contribution in [3.63, 3.8) is 0 Å². The molecule has 0 radical (unpaired) electrons. The van der Waals surface area contributed by atoms with Crippen LogP contribution in [-0.4, -0.2) is 23.5 Å². The predicted octanol–water partition coefficient (Wildman–Crippen LogP) is 1.38. The van der Waals surface area contributed by atoms with E-state index in [1.165, 1.54) is 5.56 Å². The highest BCUT2D eigenvalue weighted by Crippen LogP contribution is 2.40. The van der Waals surface area contributed by atoms with Crippen LogP contribution in [-0.2, 0) is 17.6 Å². The number of nitrogens with one attached hydrogen (secondary N) is 1. The molecule has 1 aromatic rings. The number of carbonyl (C=O) groups is 2. The lowest BCUT2D eigenvalue weighted by molar-refractivity contribution is -0.119. The Morgan fingerprint density at radius 2 is 2.11 bits per heavy atom. The highest BCUT2D eigenvalue weighted by Gasteiger charge is 2.40. The smallest absolute Gasteiger partial charge is 0.335 e. The monoisotopic (exact) mass is 245 g/mol. The minimum Gasteiger partial charge on any atom is -0.478 e. The normalized spacial score (nSPS) is 25.9. The summed E-state index contributed by atoms with van der Waals surface area (Å²) in [7, 11) is 0. The maximum absolute atomic E-state index is 11.4. The van der Waals surface area contributed by atoms with Crippen LogP contribution in [0.5, 0.6) is 0 Å². The van der Waals surface area contributed by atoms with Crippen LogP contribution in [0.4, 0.5) is 0 Å². The maximum Gasteiger partial charge on any atom is 0.335 e. The Kier molecular flexibility index (Phi) is 2.40. The molecule has 2 N–H and O–H groups in total. The zero-order valence-corrected chi connectivity index (χ0v) is 10.0. The molecule has 1 fully saturated rings. The van der Waals surface area contributed by atoms with Gasteiger partial charge in [-0.2, -0.15) is 0 Å².